The van der Waals surface area contributed by atoms with Crippen molar-refractivity contribution in [2.75, 3.05) is 31.9 Å². The molecule has 4 aliphatic carbocycles. The van der Waals surface area contributed by atoms with Crippen LogP contribution < -0.4 is 0 Å². The fraction of sp³-hybridized carbons (Fsp3) is 0.615. The summed E-state index contributed by atoms with van der Waals surface area (Å²) in [6, 6.07) is 8.17. The minimum absolute atomic E-state index is 0.0865. The van der Waals surface area contributed by atoms with Gasteiger partial charge in [0, 0.05) is 31.9 Å². The third-order valence-corrected chi connectivity index (χ3v) is 9.49. The number of carbonyl (C=O) groups is 2. The second-order valence-corrected chi connectivity index (χ2v) is 11.9. The Hall–Kier alpha value is -2.35. The minimum Gasteiger partial charge on any atom is -0.339 e. The first-order chi connectivity index (χ1) is 16.5. The third kappa shape index (κ3) is 4.04. The molecule has 7 nitrogen and oxygen atoms in total. The first-order valence-electron chi connectivity index (χ1n) is 12.7. The molecule has 1 aromatic carbocycles. The van der Waals surface area contributed by atoms with E-state index in [1.54, 1.807) is 6.33 Å². The monoisotopic (exact) mass is 479 g/mol. The van der Waals surface area contributed by atoms with Crippen molar-refractivity contribution in [1.82, 2.24) is 24.6 Å². The first-order valence-corrected chi connectivity index (χ1v) is 13.6. The van der Waals surface area contributed by atoms with Gasteiger partial charge in [0.15, 0.2) is 5.16 Å². The van der Waals surface area contributed by atoms with Crippen molar-refractivity contribution in [3.05, 3.63) is 36.2 Å². The predicted octanol–water partition coefficient (Wildman–Crippen LogP) is 3.56. The summed E-state index contributed by atoms with van der Waals surface area (Å²) >= 11 is 1.42. The van der Waals surface area contributed by atoms with Gasteiger partial charge in [-0.15, -0.1) is 10.2 Å². The van der Waals surface area contributed by atoms with Crippen LogP contribution in [0.4, 0.5) is 0 Å². The molecule has 1 aromatic heterocycles. The molecule has 0 N–H and O–H groups in total. The number of nitrogens with zero attached hydrogens (tertiary/aromatic N) is 5. The smallest absolute Gasteiger partial charge is 0.233 e. The summed E-state index contributed by atoms with van der Waals surface area (Å²) in [5.74, 6) is 3.14. The summed E-state index contributed by atoms with van der Waals surface area (Å²) < 4.78 is 1.92. The van der Waals surface area contributed by atoms with E-state index in [1.807, 2.05) is 21.6 Å². The molecule has 8 heteroatoms. The lowest BCUT2D eigenvalue weighted by atomic mass is 9.49. The van der Waals surface area contributed by atoms with E-state index in [2.05, 4.69) is 34.2 Å². The Kier molecular flexibility index (Phi) is 5.66. The van der Waals surface area contributed by atoms with Crippen LogP contribution in [-0.4, -0.2) is 68.3 Å². The minimum atomic E-state index is -0.0865. The standard InChI is InChI=1S/C26H33N5O2S/c1-18-2-4-22(5-3-18)31-17-27-28-25(31)34-16-23(32)29-6-8-30(9-7-29)24(33)26-13-19-10-20(14-26)12-21(11-19)15-26/h2-5,17,19-21H,6-16H2,1H3. The van der Waals surface area contributed by atoms with Crippen molar-refractivity contribution in [3.63, 3.8) is 0 Å². The topological polar surface area (TPSA) is 71.3 Å². The number of aromatic nitrogens is 3. The number of thioether (sulfide) groups is 1. The van der Waals surface area contributed by atoms with Crippen LogP contribution in [0.25, 0.3) is 5.69 Å². The van der Waals surface area contributed by atoms with Crippen LogP contribution in [0.3, 0.4) is 0 Å². The van der Waals surface area contributed by atoms with E-state index in [-0.39, 0.29) is 11.3 Å². The molecule has 2 amide bonds. The number of hydrogen-bond donors (Lipinski definition) is 0. The van der Waals surface area contributed by atoms with E-state index in [1.165, 1.54) is 36.6 Å². The molecule has 180 valence electrons. The van der Waals surface area contributed by atoms with Gasteiger partial charge in [0.1, 0.15) is 6.33 Å². The van der Waals surface area contributed by atoms with Gasteiger partial charge in [-0.2, -0.15) is 0 Å². The number of hydrogen-bond acceptors (Lipinski definition) is 5. The molecule has 4 saturated carbocycles. The van der Waals surface area contributed by atoms with Crippen LogP contribution in [0.1, 0.15) is 44.1 Å². The van der Waals surface area contributed by atoms with Gasteiger partial charge in [-0.3, -0.25) is 14.2 Å². The van der Waals surface area contributed by atoms with Gasteiger partial charge in [-0.1, -0.05) is 29.5 Å². The van der Waals surface area contributed by atoms with Crippen molar-refractivity contribution in [3.8, 4) is 5.69 Å². The zero-order valence-electron chi connectivity index (χ0n) is 19.9. The molecule has 1 saturated heterocycles. The van der Waals surface area contributed by atoms with E-state index >= 15 is 0 Å². The number of aryl methyl sites for hydroxylation is 1. The third-order valence-electron chi connectivity index (χ3n) is 8.56. The lowest BCUT2D eigenvalue weighted by molar-refractivity contribution is -0.160. The fourth-order valence-corrected chi connectivity index (χ4v) is 8.12. The molecule has 0 radical (unpaired) electrons. The number of piperazine rings is 1. The molecule has 7 rings (SSSR count). The average Bonchev–Trinajstić information content (AvgIpc) is 3.30. The Morgan fingerprint density at radius 1 is 0.941 bits per heavy atom. The quantitative estimate of drug-likeness (QED) is 0.614. The van der Waals surface area contributed by atoms with E-state index in [9.17, 15) is 9.59 Å². The van der Waals surface area contributed by atoms with Crippen LogP contribution in [0, 0.1) is 30.1 Å². The van der Waals surface area contributed by atoms with Crippen LogP contribution in [0.15, 0.2) is 35.7 Å². The summed E-state index contributed by atoms with van der Waals surface area (Å²) in [6.45, 7) is 4.64. The maximum Gasteiger partial charge on any atom is 0.233 e. The highest BCUT2D eigenvalue weighted by atomic mass is 32.2. The summed E-state index contributed by atoms with van der Waals surface area (Å²) in [5, 5.41) is 8.97. The van der Waals surface area contributed by atoms with Crippen LogP contribution in [-0.2, 0) is 9.59 Å². The fourth-order valence-electron chi connectivity index (χ4n) is 7.29. The summed E-state index contributed by atoms with van der Waals surface area (Å²) in [4.78, 5) is 30.5. The second kappa shape index (κ2) is 8.70. The SMILES string of the molecule is Cc1ccc(-n2cnnc2SCC(=O)N2CCN(C(=O)C34CC5CC(CC(C5)C3)C4)CC2)cc1. The van der Waals surface area contributed by atoms with Crippen molar-refractivity contribution >= 4 is 23.6 Å². The van der Waals surface area contributed by atoms with Crippen LogP contribution in [0.5, 0.6) is 0 Å². The van der Waals surface area contributed by atoms with Gasteiger partial charge in [-0.25, -0.2) is 0 Å². The molecule has 34 heavy (non-hydrogen) atoms. The lowest BCUT2D eigenvalue weighted by Crippen LogP contribution is -2.58. The van der Waals surface area contributed by atoms with Gasteiger partial charge in [-0.05, 0) is 75.3 Å². The Labute approximate surface area is 205 Å². The Morgan fingerprint density at radius 3 is 2.15 bits per heavy atom. The van der Waals surface area contributed by atoms with Crippen molar-refractivity contribution in [2.45, 2.75) is 50.6 Å². The molecule has 5 fully saturated rings. The number of amides is 2. The average molecular weight is 480 g/mol. The molecule has 4 bridgehead atoms. The molecule has 2 aromatic rings. The molecular weight excluding hydrogens is 446 g/mol. The Bertz CT molecular complexity index is 1040. The molecular formula is C26H33N5O2S. The number of rotatable bonds is 5. The highest BCUT2D eigenvalue weighted by Gasteiger charge is 2.55. The molecule has 0 spiro atoms. The van der Waals surface area contributed by atoms with E-state index in [4.69, 9.17) is 0 Å². The van der Waals surface area contributed by atoms with Crippen molar-refractivity contribution in [1.29, 1.82) is 0 Å². The molecule has 1 aliphatic heterocycles. The van der Waals surface area contributed by atoms with Gasteiger partial charge in [0.05, 0.1) is 11.2 Å². The molecule has 2 heterocycles. The van der Waals surface area contributed by atoms with Gasteiger partial charge < -0.3 is 9.80 Å². The number of benzene rings is 1. The van der Waals surface area contributed by atoms with E-state index in [0.29, 0.717) is 43.0 Å². The summed E-state index contributed by atoms with van der Waals surface area (Å²) in [7, 11) is 0. The first kappa shape index (κ1) is 22.1. The highest BCUT2D eigenvalue weighted by Crippen LogP contribution is 2.60. The Morgan fingerprint density at radius 2 is 1.53 bits per heavy atom. The van der Waals surface area contributed by atoms with Gasteiger partial charge in [0.2, 0.25) is 11.8 Å². The summed E-state index contributed by atoms with van der Waals surface area (Å²) in [5.41, 5.74) is 2.10. The maximum absolute atomic E-state index is 13.6. The molecule has 0 atom stereocenters. The van der Waals surface area contributed by atoms with Gasteiger partial charge in [0.25, 0.3) is 0 Å². The van der Waals surface area contributed by atoms with Crippen molar-refractivity contribution < 1.29 is 9.59 Å². The molecule has 0 unspecified atom stereocenters. The summed E-state index contributed by atoms with van der Waals surface area (Å²) in [6.07, 6.45) is 9.06. The number of carbonyl (C=O) groups excluding carboxylic acids is 2. The van der Waals surface area contributed by atoms with Gasteiger partial charge >= 0.3 is 0 Å². The predicted molar refractivity (Wildman–Crippen MR) is 131 cm³/mol. The normalized spacial score (nSPS) is 30.1. The highest BCUT2D eigenvalue weighted by molar-refractivity contribution is 7.99. The molecule has 5 aliphatic rings. The second-order valence-electron chi connectivity index (χ2n) is 11.0. The van der Waals surface area contributed by atoms with Crippen LogP contribution in [0.2, 0.25) is 0 Å². The van der Waals surface area contributed by atoms with Crippen LogP contribution >= 0.6 is 11.8 Å². The largest absolute Gasteiger partial charge is 0.339 e. The maximum atomic E-state index is 13.6. The van der Waals surface area contributed by atoms with E-state index in [0.717, 1.165) is 42.7 Å². The Balaban J connectivity index is 1.03. The lowest BCUT2D eigenvalue weighted by Gasteiger charge is -2.57. The van der Waals surface area contributed by atoms with Crippen molar-refractivity contribution in [2.24, 2.45) is 23.2 Å². The zero-order chi connectivity index (χ0) is 23.3. The van der Waals surface area contributed by atoms with E-state index < -0.39 is 0 Å². The zero-order valence-corrected chi connectivity index (χ0v) is 20.7.